The summed E-state index contributed by atoms with van der Waals surface area (Å²) >= 11 is 1.32. The van der Waals surface area contributed by atoms with Gasteiger partial charge in [0, 0.05) is 16.0 Å². The Bertz CT molecular complexity index is 645. The summed E-state index contributed by atoms with van der Waals surface area (Å²) in [6, 6.07) is 16.4. The molecule has 21 heavy (non-hydrogen) atoms. The van der Waals surface area contributed by atoms with Gasteiger partial charge < -0.3 is 10.5 Å². The van der Waals surface area contributed by atoms with Gasteiger partial charge in [-0.1, -0.05) is 54.2 Å². The molecule has 0 radical (unpaired) electrons. The van der Waals surface area contributed by atoms with E-state index in [9.17, 15) is 9.59 Å². The zero-order valence-corrected chi connectivity index (χ0v) is 12.3. The van der Waals surface area contributed by atoms with Crippen LogP contribution < -0.4 is 5.73 Å². The van der Waals surface area contributed by atoms with Crippen molar-refractivity contribution in [3.63, 3.8) is 0 Å². The lowest BCUT2D eigenvalue weighted by Crippen LogP contribution is -2.30. The Morgan fingerprint density at radius 3 is 2.38 bits per heavy atom. The van der Waals surface area contributed by atoms with Crippen molar-refractivity contribution in [2.24, 2.45) is 5.73 Å². The smallest absolute Gasteiger partial charge is 0.406 e. The summed E-state index contributed by atoms with van der Waals surface area (Å²) < 4.78 is 5.31. The average Bonchev–Trinajstić information content (AvgIpc) is 2.47. The minimum Gasteiger partial charge on any atom is -0.427 e. The fraction of sp³-hybridized carbons (Fsp3) is 0.125. The second kappa shape index (κ2) is 6.45. The van der Waals surface area contributed by atoms with Crippen LogP contribution in [0.5, 0.6) is 0 Å². The van der Waals surface area contributed by atoms with Gasteiger partial charge >= 0.3 is 6.09 Å². The molecule has 0 spiro atoms. The molecule has 1 amide bonds. The Kier molecular flexibility index (Phi) is 4.65. The number of carbonyl (C=O) groups is 2. The van der Waals surface area contributed by atoms with Crippen molar-refractivity contribution in [2.45, 2.75) is 16.8 Å². The van der Waals surface area contributed by atoms with Gasteiger partial charge in [-0.3, -0.25) is 4.79 Å². The monoisotopic (exact) mass is 301 g/mol. The van der Waals surface area contributed by atoms with Crippen LogP contribution in [0.25, 0.3) is 0 Å². The first-order chi connectivity index (χ1) is 10.0. The van der Waals surface area contributed by atoms with E-state index in [2.05, 4.69) is 0 Å². The molecule has 0 fully saturated rings. The minimum atomic E-state index is -1.08. The predicted octanol–water partition coefficient (Wildman–Crippen LogP) is 3.56. The van der Waals surface area contributed by atoms with Crippen LogP contribution in [0.1, 0.15) is 22.8 Å². The molecule has 0 saturated heterocycles. The van der Waals surface area contributed by atoms with Crippen molar-refractivity contribution in [2.75, 3.05) is 0 Å². The highest BCUT2D eigenvalue weighted by atomic mass is 32.2. The summed E-state index contributed by atoms with van der Waals surface area (Å²) in [4.78, 5) is 22.3. The van der Waals surface area contributed by atoms with Crippen LogP contribution in [0.15, 0.2) is 59.5 Å². The molecule has 1 unspecified atom stereocenters. The highest BCUT2D eigenvalue weighted by Crippen LogP contribution is 2.43. The van der Waals surface area contributed by atoms with Crippen LogP contribution in [0.4, 0.5) is 4.79 Å². The van der Waals surface area contributed by atoms with Crippen LogP contribution in [-0.2, 0) is 9.67 Å². The SMILES string of the molecule is CC(OC(N)=O)(Sc1ccccc1)c1ccccc1C=O. The summed E-state index contributed by atoms with van der Waals surface area (Å²) in [6.45, 7) is 1.72. The molecule has 2 aromatic rings. The Balaban J connectivity index is 2.46. The van der Waals surface area contributed by atoms with E-state index >= 15 is 0 Å². The summed E-state index contributed by atoms with van der Waals surface area (Å²) in [6.07, 6.45) is -0.148. The molecule has 0 aliphatic rings. The summed E-state index contributed by atoms with van der Waals surface area (Å²) in [5.41, 5.74) is 6.27. The third-order valence-corrected chi connectivity index (χ3v) is 4.13. The van der Waals surface area contributed by atoms with Gasteiger partial charge in [0.05, 0.1) is 0 Å². The van der Waals surface area contributed by atoms with Crippen LogP contribution in [0.3, 0.4) is 0 Å². The lowest BCUT2D eigenvalue weighted by Gasteiger charge is -2.29. The number of amides is 1. The maximum absolute atomic E-state index is 11.3. The highest BCUT2D eigenvalue weighted by molar-refractivity contribution is 8.00. The molecule has 0 aliphatic carbocycles. The molecular weight excluding hydrogens is 286 g/mol. The lowest BCUT2D eigenvalue weighted by molar-refractivity contribution is 0.0928. The molecule has 2 aromatic carbocycles. The molecular formula is C16H15NO3S. The second-order valence-electron chi connectivity index (χ2n) is 4.49. The second-order valence-corrected chi connectivity index (χ2v) is 5.94. The van der Waals surface area contributed by atoms with Crippen molar-refractivity contribution in [1.82, 2.24) is 0 Å². The van der Waals surface area contributed by atoms with E-state index in [0.29, 0.717) is 11.1 Å². The van der Waals surface area contributed by atoms with Gasteiger partial charge in [-0.05, 0) is 19.1 Å². The zero-order chi connectivity index (χ0) is 15.3. The quantitative estimate of drug-likeness (QED) is 0.521. The molecule has 108 valence electrons. The van der Waals surface area contributed by atoms with Crippen LogP contribution in [-0.4, -0.2) is 12.4 Å². The zero-order valence-electron chi connectivity index (χ0n) is 11.5. The van der Waals surface area contributed by atoms with Crippen molar-refractivity contribution in [1.29, 1.82) is 0 Å². The van der Waals surface area contributed by atoms with Gasteiger partial charge in [0.1, 0.15) is 0 Å². The van der Waals surface area contributed by atoms with Crippen molar-refractivity contribution >= 4 is 24.1 Å². The fourth-order valence-electron chi connectivity index (χ4n) is 2.05. The number of hydrogen-bond acceptors (Lipinski definition) is 4. The molecule has 1 atom stereocenters. The standard InChI is InChI=1S/C16H15NO3S/c1-16(20-15(17)19,21-13-8-3-2-4-9-13)14-10-6-5-7-12(14)11-18/h2-11H,1H3,(H2,17,19). The average molecular weight is 301 g/mol. The van der Waals surface area contributed by atoms with E-state index in [0.717, 1.165) is 11.2 Å². The van der Waals surface area contributed by atoms with Crippen molar-refractivity contribution < 1.29 is 14.3 Å². The number of primary amides is 1. The van der Waals surface area contributed by atoms with E-state index in [-0.39, 0.29) is 0 Å². The van der Waals surface area contributed by atoms with Gasteiger partial charge in [0.25, 0.3) is 0 Å². The highest BCUT2D eigenvalue weighted by Gasteiger charge is 2.34. The van der Waals surface area contributed by atoms with Crippen molar-refractivity contribution in [3.05, 3.63) is 65.7 Å². The van der Waals surface area contributed by atoms with Gasteiger partial charge in [0.2, 0.25) is 0 Å². The van der Waals surface area contributed by atoms with E-state index in [4.69, 9.17) is 10.5 Å². The Morgan fingerprint density at radius 2 is 1.76 bits per heavy atom. The molecule has 2 N–H and O–H groups in total. The minimum absolute atomic E-state index is 0.463. The van der Waals surface area contributed by atoms with Crippen LogP contribution >= 0.6 is 11.8 Å². The van der Waals surface area contributed by atoms with Gasteiger partial charge in [-0.2, -0.15) is 0 Å². The van der Waals surface area contributed by atoms with E-state index < -0.39 is 11.0 Å². The molecule has 0 aliphatic heterocycles. The molecule has 0 heterocycles. The van der Waals surface area contributed by atoms with Gasteiger partial charge in [-0.15, -0.1) is 0 Å². The maximum atomic E-state index is 11.3. The number of nitrogens with two attached hydrogens (primary N) is 1. The maximum Gasteiger partial charge on any atom is 0.406 e. The number of thioether (sulfide) groups is 1. The first kappa shape index (κ1) is 15.1. The third kappa shape index (κ3) is 3.64. The number of carbonyl (C=O) groups excluding carboxylic acids is 2. The molecule has 0 aromatic heterocycles. The summed E-state index contributed by atoms with van der Waals surface area (Å²) in [7, 11) is 0. The topological polar surface area (TPSA) is 69.4 Å². The summed E-state index contributed by atoms with van der Waals surface area (Å²) in [5.74, 6) is 0. The predicted molar refractivity (Wildman–Crippen MR) is 82.1 cm³/mol. The van der Waals surface area contributed by atoms with Crippen molar-refractivity contribution in [3.8, 4) is 0 Å². The largest absolute Gasteiger partial charge is 0.427 e. The molecule has 4 nitrogen and oxygen atoms in total. The Labute approximate surface area is 127 Å². The van der Waals surface area contributed by atoms with E-state index in [1.807, 2.05) is 30.3 Å². The molecule has 2 rings (SSSR count). The number of ether oxygens (including phenoxy) is 1. The lowest BCUT2D eigenvalue weighted by atomic mass is 10.0. The first-order valence-corrected chi connectivity index (χ1v) is 7.14. The van der Waals surface area contributed by atoms with Gasteiger partial charge in [-0.25, -0.2) is 4.79 Å². The van der Waals surface area contributed by atoms with E-state index in [1.165, 1.54) is 11.8 Å². The van der Waals surface area contributed by atoms with Gasteiger partial charge in [0.15, 0.2) is 11.2 Å². The third-order valence-electron chi connectivity index (χ3n) is 2.93. The summed E-state index contributed by atoms with van der Waals surface area (Å²) in [5, 5.41) is 0. The molecule has 5 heteroatoms. The van der Waals surface area contributed by atoms with E-state index in [1.54, 1.807) is 31.2 Å². The Morgan fingerprint density at radius 1 is 1.14 bits per heavy atom. The van der Waals surface area contributed by atoms with Crippen LogP contribution in [0, 0.1) is 0 Å². The fourth-order valence-corrected chi connectivity index (χ4v) is 3.21. The number of hydrogen-bond donors (Lipinski definition) is 1. The number of benzene rings is 2. The number of rotatable bonds is 5. The normalized spacial score (nSPS) is 13.2. The first-order valence-electron chi connectivity index (χ1n) is 6.32. The number of aldehydes is 1. The Hall–Kier alpha value is -2.27. The molecule has 0 saturated carbocycles. The molecule has 0 bridgehead atoms. The van der Waals surface area contributed by atoms with Crippen LogP contribution in [0.2, 0.25) is 0 Å².